The van der Waals surface area contributed by atoms with E-state index in [0.29, 0.717) is 5.54 Å². The molecule has 1 saturated carbocycles. The van der Waals surface area contributed by atoms with Gasteiger partial charge in [-0.15, -0.1) is 0 Å². The third-order valence-electron chi connectivity index (χ3n) is 2.96. The van der Waals surface area contributed by atoms with Crippen LogP contribution in [0.15, 0.2) is 18.3 Å². The van der Waals surface area contributed by atoms with Gasteiger partial charge in [0, 0.05) is 12.1 Å². The second-order valence-corrected chi connectivity index (χ2v) is 4.28. The Morgan fingerprint density at radius 2 is 2.29 bits per heavy atom. The highest BCUT2D eigenvalue weighted by Gasteiger charge is 2.30. The SMILES string of the molecule is CC1(NCc2ccc(O)cn2)CCC1. The summed E-state index contributed by atoms with van der Waals surface area (Å²) in [6, 6.07) is 3.53. The summed E-state index contributed by atoms with van der Waals surface area (Å²) < 4.78 is 0. The van der Waals surface area contributed by atoms with E-state index in [4.69, 9.17) is 5.11 Å². The third-order valence-corrected chi connectivity index (χ3v) is 2.96. The van der Waals surface area contributed by atoms with Crippen LogP contribution in [-0.2, 0) is 6.54 Å². The lowest BCUT2D eigenvalue weighted by Gasteiger charge is -2.39. The van der Waals surface area contributed by atoms with Gasteiger partial charge in [-0.3, -0.25) is 4.98 Å². The molecule has 0 radical (unpaired) electrons. The summed E-state index contributed by atoms with van der Waals surface area (Å²) >= 11 is 0. The quantitative estimate of drug-likeness (QED) is 0.767. The molecule has 0 atom stereocenters. The lowest BCUT2D eigenvalue weighted by atomic mass is 9.78. The molecular weight excluding hydrogens is 176 g/mol. The molecule has 1 heterocycles. The van der Waals surface area contributed by atoms with E-state index >= 15 is 0 Å². The van der Waals surface area contributed by atoms with Gasteiger partial charge in [0.1, 0.15) is 5.75 Å². The highest BCUT2D eigenvalue weighted by molar-refractivity contribution is 5.18. The van der Waals surface area contributed by atoms with E-state index < -0.39 is 0 Å². The Balaban J connectivity index is 1.88. The van der Waals surface area contributed by atoms with Gasteiger partial charge in [0.25, 0.3) is 0 Å². The zero-order valence-electron chi connectivity index (χ0n) is 8.45. The van der Waals surface area contributed by atoms with E-state index in [9.17, 15) is 0 Å². The minimum Gasteiger partial charge on any atom is -0.506 e. The van der Waals surface area contributed by atoms with Gasteiger partial charge in [0.05, 0.1) is 11.9 Å². The predicted octanol–water partition coefficient (Wildman–Crippen LogP) is 1.82. The monoisotopic (exact) mass is 192 g/mol. The van der Waals surface area contributed by atoms with Gasteiger partial charge in [-0.05, 0) is 38.3 Å². The number of nitrogens with zero attached hydrogens (tertiary/aromatic N) is 1. The average Bonchev–Trinajstić information content (AvgIpc) is 2.14. The average molecular weight is 192 g/mol. The highest BCUT2D eigenvalue weighted by atomic mass is 16.3. The molecule has 1 fully saturated rings. The van der Waals surface area contributed by atoms with Gasteiger partial charge in [-0.2, -0.15) is 0 Å². The zero-order valence-corrected chi connectivity index (χ0v) is 8.45. The van der Waals surface area contributed by atoms with Crippen LogP contribution in [0.1, 0.15) is 31.9 Å². The van der Waals surface area contributed by atoms with Crippen LogP contribution in [0.3, 0.4) is 0 Å². The van der Waals surface area contributed by atoms with E-state index in [1.807, 2.05) is 6.07 Å². The van der Waals surface area contributed by atoms with Crippen molar-refractivity contribution in [3.05, 3.63) is 24.0 Å². The van der Waals surface area contributed by atoms with Crippen molar-refractivity contribution >= 4 is 0 Å². The first-order valence-electron chi connectivity index (χ1n) is 5.07. The number of rotatable bonds is 3. The number of aromatic hydroxyl groups is 1. The Morgan fingerprint density at radius 1 is 1.50 bits per heavy atom. The number of hydrogen-bond acceptors (Lipinski definition) is 3. The minimum atomic E-state index is 0.226. The molecule has 2 rings (SSSR count). The summed E-state index contributed by atoms with van der Waals surface area (Å²) in [5.41, 5.74) is 1.30. The Labute approximate surface area is 84.2 Å². The summed E-state index contributed by atoms with van der Waals surface area (Å²) in [4.78, 5) is 4.13. The second kappa shape index (κ2) is 3.58. The van der Waals surface area contributed by atoms with Crippen LogP contribution >= 0.6 is 0 Å². The van der Waals surface area contributed by atoms with Crippen molar-refractivity contribution < 1.29 is 5.11 Å². The van der Waals surface area contributed by atoms with E-state index in [2.05, 4.69) is 17.2 Å². The topological polar surface area (TPSA) is 45.1 Å². The molecule has 0 aromatic carbocycles. The fraction of sp³-hybridized carbons (Fsp3) is 0.545. The standard InChI is InChI=1S/C11H16N2O/c1-11(5-2-6-11)13-7-9-3-4-10(14)8-12-9/h3-4,8,13-14H,2,5-7H2,1H3. The summed E-state index contributed by atoms with van der Waals surface area (Å²) in [5.74, 6) is 0.226. The summed E-state index contributed by atoms with van der Waals surface area (Å²) in [7, 11) is 0. The van der Waals surface area contributed by atoms with E-state index in [1.165, 1.54) is 25.5 Å². The summed E-state index contributed by atoms with van der Waals surface area (Å²) in [6.07, 6.45) is 5.32. The van der Waals surface area contributed by atoms with Crippen LogP contribution in [0, 0.1) is 0 Å². The first kappa shape index (κ1) is 9.46. The molecule has 3 nitrogen and oxygen atoms in total. The fourth-order valence-corrected chi connectivity index (χ4v) is 1.71. The molecule has 0 spiro atoms. The molecular formula is C11H16N2O. The normalized spacial score (nSPS) is 18.9. The van der Waals surface area contributed by atoms with Gasteiger partial charge in [-0.1, -0.05) is 0 Å². The van der Waals surface area contributed by atoms with Crippen LogP contribution in [0.2, 0.25) is 0 Å². The van der Waals surface area contributed by atoms with Gasteiger partial charge < -0.3 is 10.4 Å². The lowest BCUT2D eigenvalue weighted by molar-refractivity contribution is 0.206. The molecule has 1 aromatic rings. The van der Waals surface area contributed by atoms with Crippen molar-refractivity contribution in [2.75, 3.05) is 0 Å². The molecule has 0 saturated heterocycles. The Bertz CT molecular complexity index is 304. The minimum absolute atomic E-state index is 0.226. The van der Waals surface area contributed by atoms with Crippen molar-refractivity contribution in [1.82, 2.24) is 10.3 Å². The maximum Gasteiger partial charge on any atom is 0.133 e. The van der Waals surface area contributed by atoms with Crippen LogP contribution in [0.25, 0.3) is 0 Å². The zero-order chi connectivity index (χ0) is 10.0. The van der Waals surface area contributed by atoms with Crippen LogP contribution in [-0.4, -0.2) is 15.6 Å². The molecule has 14 heavy (non-hydrogen) atoms. The molecule has 0 aliphatic heterocycles. The number of aromatic nitrogens is 1. The largest absolute Gasteiger partial charge is 0.506 e. The van der Waals surface area contributed by atoms with E-state index in [-0.39, 0.29) is 5.75 Å². The van der Waals surface area contributed by atoms with Crippen molar-refractivity contribution in [3.8, 4) is 5.75 Å². The molecule has 1 aromatic heterocycles. The maximum absolute atomic E-state index is 9.06. The van der Waals surface area contributed by atoms with Crippen molar-refractivity contribution in [2.45, 2.75) is 38.3 Å². The third kappa shape index (κ3) is 2.04. The molecule has 0 unspecified atom stereocenters. The summed E-state index contributed by atoms with van der Waals surface area (Å²) in [6.45, 7) is 3.04. The first-order chi connectivity index (χ1) is 6.68. The molecule has 2 N–H and O–H groups in total. The molecule has 1 aliphatic carbocycles. The van der Waals surface area contributed by atoms with Gasteiger partial charge in [0.15, 0.2) is 0 Å². The highest BCUT2D eigenvalue weighted by Crippen LogP contribution is 2.31. The van der Waals surface area contributed by atoms with Crippen molar-refractivity contribution in [3.63, 3.8) is 0 Å². The van der Waals surface area contributed by atoms with Crippen LogP contribution < -0.4 is 5.32 Å². The van der Waals surface area contributed by atoms with Gasteiger partial charge >= 0.3 is 0 Å². The van der Waals surface area contributed by atoms with Crippen LogP contribution in [0.5, 0.6) is 5.75 Å². The Hall–Kier alpha value is -1.09. The lowest BCUT2D eigenvalue weighted by Crippen LogP contribution is -2.47. The van der Waals surface area contributed by atoms with E-state index in [1.54, 1.807) is 6.07 Å². The molecule has 3 heteroatoms. The number of hydrogen-bond donors (Lipinski definition) is 2. The van der Waals surface area contributed by atoms with Crippen molar-refractivity contribution in [2.24, 2.45) is 0 Å². The van der Waals surface area contributed by atoms with E-state index in [0.717, 1.165) is 12.2 Å². The second-order valence-electron chi connectivity index (χ2n) is 4.28. The van der Waals surface area contributed by atoms with Crippen LogP contribution in [0.4, 0.5) is 0 Å². The molecule has 0 bridgehead atoms. The van der Waals surface area contributed by atoms with Crippen molar-refractivity contribution in [1.29, 1.82) is 0 Å². The molecule has 1 aliphatic rings. The smallest absolute Gasteiger partial charge is 0.133 e. The molecule has 0 amide bonds. The van der Waals surface area contributed by atoms with Gasteiger partial charge in [0.2, 0.25) is 0 Å². The first-order valence-corrected chi connectivity index (χ1v) is 5.07. The summed E-state index contributed by atoms with van der Waals surface area (Å²) in [5, 5.41) is 12.5. The Morgan fingerprint density at radius 3 is 2.79 bits per heavy atom. The Kier molecular flexibility index (Phi) is 2.42. The predicted molar refractivity (Wildman–Crippen MR) is 55.0 cm³/mol. The van der Waals surface area contributed by atoms with Gasteiger partial charge in [-0.25, -0.2) is 0 Å². The molecule has 76 valence electrons. The fourth-order valence-electron chi connectivity index (χ4n) is 1.71. The number of pyridine rings is 1. The number of nitrogens with one attached hydrogen (secondary N) is 1. The maximum atomic E-state index is 9.06.